The standard InChI is InChI=1S/C13H16N2O2S/c1-14-11(8-12(18)15(2)13(14)16)9-4-6-10(17-3)7-5-9/h4-7,11H,8H2,1-3H3. The average Bonchev–Trinajstić information content (AvgIpc) is 2.41. The zero-order valence-corrected chi connectivity index (χ0v) is 11.5. The van der Waals surface area contributed by atoms with Crippen molar-refractivity contribution in [3.63, 3.8) is 0 Å². The SMILES string of the molecule is COc1ccc(C2CC(=S)N(C)C(=O)N2C)cc1. The third-order valence-electron chi connectivity index (χ3n) is 3.30. The molecule has 5 heteroatoms. The summed E-state index contributed by atoms with van der Waals surface area (Å²) >= 11 is 5.24. The highest BCUT2D eigenvalue weighted by Gasteiger charge is 2.32. The van der Waals surface area contributed by atoms with E-state index in [9.17, 15) is 4.79 Å². The van der Waals surface area contributed by atoms with E-state index in [0.717, 1.165) is 11.3 Å². The van der Waals surface area contributed by atoms with Gasteiger partial charge < -0.3 is 9.64 Å². The van der Waals surface area contributed by atoms with Gasteiger partial charge in [-0.2, -0.15) is 0 Å². The first-order chi connectivity index (χ1) is 8.54. The Bertz CT molecular complexity index is 472. The van der Waals surface area contributed by atoms with Gasteiger partial charge in [0.25, 0.3) is 0 Å². The van der Waals surface area contributed by atoms with E-state index in [-0.39, 0.29) is 12.1 Å². The number of benzene rings is 1. The van der Waals surface area contributed by atoms with Crippen molar-refractivity contribution in [2.75, 3.05) is 21.2 Å². The van der Waals surface area contributed by atoms with Gasteiger partial charge in [0, 0.05) is 20.5 Å². The molecule has 1 heterocycles. The minimum atomic E-state index is -0.0629. The van der Waals surface area contributed by atoms with Crippen molar-refractivity contribution in [1.29, 1.82) is 0 Å². The summed E-state index contributed by atoms with van der Waals surface area (Å²) in [6.45, 7) is 0. The predicted molar refractivity (Wildman–Crippen MR) is 73.9 cm³/mol. The molecule has 0 spiro atoms. The molecule has 0 radical (unpaired) electrons. The van der Waals surface area contributed by atoms with E-state index in [2.05, 4.69) is 0 Å². The first-order valence-corrected chi connectivity index (χ1v) is 6.12. The smallest absolute Gasteiger partial charge is 0.324 e. The Morgan fingerprint density at radius 2 is 1.89 bits per heavy atom. The molecule has 4 nitrogen and oxygen atoms in total. The van der Waals surface area contributed by atoms with Gasteiger partial charge >= 0.3 is 6.03 Å². The van der Waals surface area contributed by atoms with Crippen LogP contribution in [0.5, 0.6) is 5.75 Å². The van der Waals surface area contributed by atoms with Crippen LogP contribution >= 0.6 is 12.2 Å². The van der Waals surface area contributed by atoms with Crippen molar-refractivity contribution in [3.05, 3.63) is 29.8 Å². The van der Waals surface area contributed by atoms with Crippen LogP contribution in [-0.4, -0.2) is 42.0 Å². The van der Waals surface area contributed by atoms with Crippen LogP contribution < -0.4 is 4.74 Å². The number of hydrogen-bond acceptors (Lipinski definition) is 3. The number of thiocarbonyl (C=S) groups is 1. The van der Waals surface area contributed by atoms with Crippen molar-refractivity contribution in [1.82, 2.24) is 9.80 Å². The molecule has 1 fully saturated rings. The molecule has 1 aromatic carbocycles. The van der Waals surface area contributed by atoms with Gasteiger partial charge in [-0.15, -0.1) is 0 Å². The lowest BCUT2D eigenvalue weighted by Gasteiger charge is -2.38. The first-order valence-electron chi connectivity index (χ1n) is 5.72. The van der Waals surface area contributed by atoms with E-state index < -0.39 is 0 Å². The first kappa shape index (κ1) is 12.8. The third kappa shape index (κ3) is 2.18. The zero-order valence-electron chi connectivity index (χ0n) is 10.7. The van der Waals surface area contributed by atoms with Crippen LogP contribution in [0.25, 0.3) is 0 Å². The Kier molecular flexibility index (Phi) is 3.52. The maximum atomic E-state index is 12.0. The third-order valence-corrected chi connectivity index (χ3v) is 3.74. The van der Waals surface area contributed by atoms with Crippen molar-refractivity contribution >= 4 is 23.2 Å². The molecule has 1 saturated heterocycles. The van der Waals surface area contributed by atoms with Crippen LogP contribution in [0.15, 0.2) is 24.3 Å². The van der Waals surface area contributed by atoms with Crippen LogP contribution in [-0.2, 0) is 0 Å². The van der Waals surface area contributed by atoms with Gasteiger partial charge in [-0.1, -0.05) is 24.4 Å². The van der Waals surface area contributed by atoms with E-state index in [1.165, 1.54) is 4.90 Å². The molecule has 0 bridgehead atoms. The fourth-order valence-electron chi connectivity index (χ4n) is 2.08. The number of nitrogens with zero attached hydrogens (tertiary/aromatic N) is 2. The van der Waals surface area contributed by atoms with Crippen molar-refractivity contribution in [2.24, 2.45) is 0 Å². The molecular weight excluding hydrogens is 248 g/mol. The number of ether oxygens (including phenoxy) is 1. The zero-order chi connectivity index (χ0) is 13.3. The number of carbonyl (C=O) groups excluding carboxylic acids is 1. The van der Waals surface area contributed by atoms with Crippen LogP contribution in [0.1, 0.15) is 18.0 Å². The van der Waals surface area contributed by atoms with Gasteiger partial charge in [-0.3, -0.25) is 4.90 Å². The van der Waals surface area contributed by atoms with E-state index in [4.69, 9.17) is 17.0 Å². The van der Waals surface area contributed by atoms with E-state index in [1.54, 1.807) is 26.1 Å². The fourth-order valence-corrected chi connectivity index (χ4v) is 2.32. The molecule has 2 amide bonds. The van der Waals surface area contributed by atoms with E-state index in [0.29, 0.717) is 11.4 Å². The second kappa shape index (κ2) is 4.94. The highest BCUT2D eigenvalue weighted by molar-refractivity contribution is 7.80. The highest BCUT2D eigenvalue weighted by atomic mass is 32.1. The number of methoxy groups -OCH3 is 1. The molecule has 1 unspecified atom stereocenters. The molecule has 1 aliphatic heterocycles. The van der Waals surface area contributed by atoms with Crippen molar-refractivity contribution in [2.45, 2.75) is 12.5 Å². The van der Waals surface area contributed by atoms with Crippen LogP contribution in [0.4, 0.5) is 4.79 Å². The number of carbonyl (C=O) groups is 1. The Hall–Kier alpha value is -1.62. The quantitative estimate of drug-likeness (QED) is 0.769. The van der Waals surface area contributed by atoms with Crippen LogP contribution in [0.2, 0.25) is 0 Å². The minimum Gasteiger partial charge on any atom is -0.497 e. The summed E-state index contributed by atoms with van der Waals surface area (Å²) in [7, 11) is 5.15. The van der Waals surface area contributed by atoms with Gasteiger partial charge in [0.2, 0.25) is 0 Å². The number of hydrogen-bond donors (Lipinski definition) is 0. The molecule has 1 aromatic rings. The molecule has 0 aliphatic carbocycles. The molecule has 1 atom stereocenters. The summed E-state index contributed by atoms with van der Waals surface area (Å²) in [5, 5.41) is 0. The number of amides is 2. The van der Waals surface area contributed by atoms with Crippen molar-refractivity contribution in [3.8, 4) is 5.75 Å². The molecule has 1 aliphatic rings. The lowest BCUT2D eigenvalue weighted by molar-refractivity contribution is 0.163. The summed E-state index contributed by atoms with van der Waals surface area (Å²) in [5.41, 5.74) is 1.07. The van der Waals surface area contributed by atoms with Crippen LogP contribution in [0, 0.1) is 0 Å². The molecular formula is C13H16N2O2S. The molecule has 18 heavy (non-hydrogen) atoms. The normalized spacial score (nSPS) is 20.3. The summed E-state index contributed by atoms with van der Waals surface area (Å²) in [4.78, 5) is 15.9. The van der Waals surface area contributed by atoms with Gasteiger partial charge in [-0.25, -0.2) is 4.79 Å². The summed E-state index contributed by atoms with van der Waals surface area (Å²) < 4.78 is 5.13. The lowest BCUT2D eigenvalue weighted by atomic mass is 10.0. The topological polar surface area (TPSA) is 32.8 Å². The fraction of sp³-hybridized carbons (Fsp3) is 0.385. The number of rotatable bonds is 2. The maximum absolute atomic E-state index is 12.0. The Labute approximate surface area is 112 Å². The average molecular weight is 264 g/mol. The molecule has 0 aromatic heterocycles. The monoisotopic (exact) mass is 264 g/mol. The summed E-state index contributed by atoms with van der Waals surface area (Å²) in [6.07, 6.45) is 0.681. The largest absolute Gasteiger partial charge is 0.497 e. The van der Waals surface area contributed by atoms with Gasteiger partial charge in [0.1, 0.15) is 5.75 Å². The molecule has 0 N–H and O–H groups in total. The Morgan fingerprint density at radius 3 is 2.44 bits per heavy atom. The van der Waals surface area contributed by atoms with Crippen molar-refractivity contribution < 1.29 is 9.53 Å². The predicted octanol–water partition coefficient (Wildman–Crippen LogP) is 2.45. The summed E-state index contributed by atoms with van der Waals surface area (Å²) in [5.74, 6) is 0.809. The van der Waals surface area contributed by atoms with Gasteiger partial charge in [-0.05, 0) is 17.7 Å². The second-order valence-electron chi connectivity index (χ2n) is 4.34. The Morgan fingerprint density at radius 1 is 1.28 bits per heavy atom. The summed E-state index contributed by atoms with van der Waals surface area (Å²) in [6, 6.07) is 7.69. The molecule has 2 rings (SSSR count). The molecule has 0 saturated carbocycles. The van der Waals surface area contributed by atoms with Crippen LogP contribution in [0.3, 0.4) is 0 Å². The highest BCUT2D eigenvalue weighted by Crippen LogP contribution is 2.30. The Balaban J connectivity index is 2.26. The van der Waals surface area contributed by atoms with Gasteiger partial charge in [0.05, 0.1) is 18.1 Å². The van der Waals surface area contributed by atoms with E-state index >= 15 is 0 Å². The minimum absolute atomic E-state index is 0.00658. The van der Waals surface area contributed by atoms with E-state index in [1.807, 2.05) is 24.3 Å². The number of urea groups is 1. The second-order valence-corrected chi connectivity index (χ2v) is 4.81. The molecule has 96 valence electrons. The lowest BCUT2D eigenvalue weighted by Crippen LogP contribution is -2.49. The van der Waals surface area contributed by atoms with Gasteiger partial charge in [0.15, 0.2) is 0 Å². The maximum Gasteiger partial charge on any atom is 0.324 e.